The molecular weight excluding hydrogens is 364 g/mol. The smallest absolute Gasteiger partial charge is 0.317 e. The summed E-state index contributed by atoms with van der Waals surface area (Å²) in [6.45, 7) is 1.58. The lowest BCUT2D eigenvalue weighted by Gasteiger charge is -2.18. The van der Waals surface area contributed by atoms with Crippen molar-refractivity contribution in [1.82, 2.24) is 0 Å². The van der Waals surface area contributed by atoms with Gasteiger partial charge in [-0.15, -0.1) is 0 Å². The summed E-state index contributed by atoms with van der Waals surface area (Å²) in [6, 6.07) is 11.9. The highest BCUT2D eigenvalue weighted by Gasteiger charge is 2.25. The van der Waals surface area contributed by atoms with Crippen LogP contribution in [0.5, 0.6) is 11.5 Å². The second-order valence-corrected chi connectivity index (χ2v) is 5.97. The SMILES string of the molecule is COCOc1cc(OCOC)cc(C(C(=O)OC)c2ccc(C(C)=O)cc2)c1. The third kappa shape index (κ3) is 5.55. The van der Waals surface area contributed by atoms with Crippen LogP contribution in [0.4, 0.5) is 0 Å². The van der Waals surface area contributed by atoms with E-state index in [1.807, 2.05) is 0 Å². The van der Waals surface area contributed by atoms with E-state index in [0.717, 1.165) is 0 Å². The van der Waals surface area contributed by atoms with Crippen LogP contribution in [-0.4, -0.2) is 46.7 Å². The van der Waals surface area contributed by atoms with E-state index in [9.17, 15) is 9.59 Å². The standard InChI is InChI=1S/C21H24O7/c1-14(22)15-5-7-16(8-6-15)20(21(23)26-4)17-9-18(27-12-24-2)11-19(10-17)28-13-25-3/h5-11,20H,12-13H2,1-4H3. The Morgan fingerprint density at radius 1 is 0.821 bits per heavy atom. The summed E-state index contributed by atoms with van der Waals surface area (Å²) in [5, 5.41) is 0. The first kappa shape index (κ1) is 21.4. The molecule has 0 radical (unpaired) electrons. The number of Topliss-reactive ketones (excluding diaryl/α,β-unsaturated/α-hetero) is 1. The van der Waals surface area contributed by atoms with E-state index in [1.54, 1.807) is 42.5 Å². The number of hydrogen-bond donors (Lipinski definition) is 0. The van der Waals surface area contributed by atoms with E-state index in [2.05, 4.69) is 0 Å². The van der Waals surface area contributed by atoms with Crippen LogP contribution in [0.15, 0.2) is 42.5 Å². The van der Waals surface area contributed by atoms with Gasteiger partial charge in [0.2, 0.25) is 0 Å². The van der Waals surface area contributed by atoms with Crippen molar-refractivity contribution < 1.29 is 33.3 Å². The Hall–Kier alpha value is -2.90. The maximum atomic E-state index is 12.6. The Morgan fingerprint density at radius 2 is 1.36 bits per heavy atom. The monoisotopic (exact) mass is 388 g/mol. The lowest BCUT2D eigenvalue weighted by Crippen LogP contribution is -2.16. The maximum Gasteiger partial charge on any atom is 0.317 e. The molecule has 28 heavy (non-hydrogen) atoms. The molecule has 7 heteroatoms. The van der Waals surface area contributed by atoms with Crippen LogP contribution in [0, 0.1) is 0 Å². The Morgan fingerprint density at radius 3 is 1.79 bits per heavy atom. The molecule has 0 heterocycles. The van der Waals surface area contributed by atoms with Crippen molar-refractivity contribution in [3.8, 4) is 11.5 Å². The number of esters is 1. The molecule has 0 aliphatic heterocycles. The zero-order valence-electron chi connectivity index (χ0n) is 16.4. The molecule has 2 aromatic carbocycles. The number of hydrogen-bond acceptors (Lipinski definition) is 7. The molecule has 0 saturated heterocycles. The lowest BCUT2D eigenvalue weighted by atomic mass is 9.90. The number of methoxy groups -OCH3 is 3. The molecule has 7 nitrogen and oxygen atoms in total. The van der Waals surface area contributed by atoms with Gasteiger partial charge in [0, 0.05) is 25.8 Å². The van der Waals surface area contributed by atoms with Crippen molar-refractivity contribution >= 4 is 11.8 Å². The van der Waals surface area contributed by atoms with Gasteiger partial charge in [-0.2, -0.15) is 0 Å². The van der Waals surface area contributed by atoms with Crippen LogP contribution in [0.2, 0.25) is 0 Å². The van der Waals surface area contributed by atoms with Crippen LogP contribution in [0.25, 0.3) is 0 Å². The fraction of sp³-hybridized carbons (Fsp3) is 0.333. The van der Waals surface area contributed by atoms with Gasteiger partial charge < -0.3 is 23.7 Å². The molecule has 2 rings (SSSR count). The molecule has 0 aliphatic rings. The molecule has 0 spiro atoms. The summed E-state index contributed by atoms with van der Waals surface area (Å²) < 4.78 is 25.9. The van der Waals surface area contributed by atoms with Crippen LogP contribution in [0.3, 0.4) is 0 Å². The Labute approximate surface area is 164 Å². The molecule has 1 atom stereocenters. The second kappa shape index (κ2) is 10.4. The van der Waals surface area contributed by atoms with E-state index in [0.29, 0.717) is 28.2 Å². The highest BCUT2D eigenvalue weighted by Crippen LogP contribution is 2.33. The first-order valence-corrected chi connectivity index (χ1v) is 8.57. The van der Waals surface area contributed by atoms with Crippen molar-refractivity contribution in [1.29, 1.82) is 0 Å². The van der Waals surface area contributed by atoms with Crippen molar-refractivity contribution in [2.75, 3.05) is 34.9 Å². The average molecular weight is 388 g/mol. The summed E-state index contributed by atoms with van der Waals surface area (Å²) in [5.41, 5.74) is 1.86. The molecule has 0 saturated carbocycles. The number of benzene rings is 2. The average Bonchev–Trinajstić information content (AvgIpc) is 2.71. The fourth-order valence-electron chi connectivity index (χ4n) is 2.67. The first-order valence-electron chi connectivity index (χ1n) is 8.57. The first-order chi connectivity index (χ1) is 13.5. The van der Waals surface area contributed by atoms with Gasteiger partial charge in [0.1, 0.15) is 17.4 Å². The summed E-state index contributed by atoms with van der Waals surface area (Å²) in [4.78, 5) is 24.1. The van der Waals surface area contributed by atoms with Gasteiger partial charge in [-0.1, -0.05) is 24.3 Å². The van der Waals surface area contributed by atoms with E-state index in [4.69, 9.17) is 23.7 Å². The molecule has 0 N–H and O–H groups in total. The molecule has 0 aromatic heterocycles. The molecule has 1 unspecified atom stereocenters. The van der Waals surface area contributed by atoms with E-state index in [1.165, 1.54) is 28.3 Å². The summed E-state index contributed by atoms with van der Waals surface area (Å²) in [5.74, 6) is -0.273. The van der Waals surface area contributed by atoms with Crippen molar-refractivity contribution in [2.24, 2.45) is 0 Å². The molecular formula is C21H24O7. The normalized spacial score (nSPS) is 11.6. The predicted molar refractivity (Wildman–Crippen MR) is 102 cm³/mol. The maximum absolute atomic E-state index is 12.6. The van der Waals surface area contributed by atoms with E-state index < -0.39 is 11.9 Å². The largest absolute Gasteiger partial charge is 0.468 e. The van der Waals surface area contributed by atoms with Crippen molar-refractivity contribution in [3.63, 3.8) is 0 Å². The molecule has 2 aromatic rings. The summed E-state index contributed by atoms with van der Waals surface area (Å²) >= 11 is 0. The van der Waals surface area contributed by atoms with E-state index >= 15 is 0 Å². The Bertz CT molecular complexity index is 773. The van der Waals surface area contributed by atoms with Crippen LogP contribution in [-0.2, 0) is 19.0 Å². The van der Waals surface area contributed by atoms with Gasteiger partial charge >= 0.3 is 5.97 Å². The second-order valence-electron chi connectivity index (χ2n) is 5.97. The van der Waals surface area contributed by atoms with Crippen molar-refractivity contribution in [3.05, 3.63) is 59.2 Å². The Kier molecular flexibility index (Phi) is 7.98. The third-order valence-corrected chi connectivity index (χ3v) is 4.01. The minimum Gasteiger partial charge on any atom is -0.468 e. The zero-order valence-corrected chi connectivity index (χ0v) is 16.4. The number of carbonyl (C=O) groups excluding carboxylic acids is 2. The van der Waals surface area contributed by atoms with E-state index in [-0.39, 0.29) is 19.4 Å². The predicted octanol–water partition coefficient (Wildman–Crippen LogP) is 3.16. The molecule has 150 valence electrons. The van der Waals surface area contributed by atoms with Gasteiger partial charge in [-0.05, 0) is 30.2 Å². The lowest BCUT2D eigenvalue weighted by molar-refractivity contribution is -0.141. The third-order valence-electron chi connectivity index (χ3n) is 4.01. The molecule has 0 fully saturated rings. The van der Waals surface area contributed by atoms with Crippen LogP contribution >= 0.6 is 0 Å². The van der Waals surface area contributed by atoms with Gasteiger partial charge in [-0.3, -0.25) is 9.59 Å². The highest BCUT2D eigenvalue weighted by molar-refractivity contribution is 5.94. The Balaban J connectivity index is 2.48. The molecule has 0 aliphatic carbocycles. The number of rotatable bonds is 10. The number of ether oxygens (including phenoxy) is 5. The fourth-order valence-corrected chi connectivity index (χ4v) is 2.67. The van der Waals surface area contributed by atoms with Gasteiger partial charge in [0.15, 0.2) is 19.4 Å². The van der Waals surface area contributed by atoms with Crippen LogP contribution < -0.4 is 9.47 Å². The van der Waals surface area contributed by atoms with Gasteiger partial charge in [0.05, 0.1) is 7.11 Å². The van der Waals surface area contributed by atoms with Gasteiger partial charge in [-0.25, -0.2) is 0 Å². The quantitative estimate of drug-likeness (QED) is 0.351. The highest BCUT2D eigenvalue weighted by atomic mass is 16.7. The number of ketones is 1. The minimum atomic E-state index is -0.720. The minimum absolute atomic E-state index is 0.0450. The van der Waals surface area contributed by atoms with Gasteiger partial charge in [0.25, 0.3) is 0 Å². The molecule has 0 amide bonds. The summed E-state index contributed by atoms with van der Waals surface area (Å²) in [7, 11) is 4.35. The molecule has 0 bridgehead atoms. The topological polar surface area (TPSA) is 80.3 Å². The number of carbonyl (C=O) groups is 2. The van der Waals surface area contributed by atoms with Crippen LogP contribution in [0.1, 0.15) is 34.3 Å². The zero-order chi connectivity index (χ0) is 20.5. The van der Waals surface area contributed by atoms with Crippen molar-refractivity contribution in [2.45, 2.75) is 12.8 Å². The summed E-state index contributed by atoms with van der Waals surface area (Å²) in [6.07, 6.45) is 0.